The zero-order valence-corrected chi connectivity index (χ0v) is 11.3. The highest BCUT2D eigenvalue weighted by molar-refractivity contribution is 7.98. The van der Waals surface area contributed by atoms with Crippen molar-refractivity contribution in [3.63, 3.8) is 0 Å². The molecule has 3 nitrogen and oxygen atoms in total. The lowest BCUT2D eigenvalue weighted by Gasteiger charge is -2.09. The summed E-state index contributed by atoms with van der Waals surface area (Å²) in [5, 5.41) is 2.92. The number of nitrogens with one attached hydrogen (secondary N) is 1. The van der Waals surface area contributed by atoms with Crippen LogP contribution >= 0.6 is 11.8 Å². The lowest BCUT2D eigenvalue weighted by Crippen LogP contribution is -2.23. The van der Waals surface area contributed by atoms with E-state index < -0.39 is 0 Å². The van der Waals surface area contributed by atoms with Crippen molar-refractivity contribution in [3.05, 3.63) is 29.3 Å². The van der Waals surface area contributed by atoms with Gasteiger partial charge in [0.2, 0.25) is 5.91 Å². The molecule has 1 aromatic carbocycles. The minimum absolute atomic E-state index is 0.0723. The summed E-state index contributed by atoms with van der Waals surface area (Å²) in [6, 6.07) is 6.29. The van der Waals surface area contributed by atoms with Gasteiger partial charge in [-0.3, -0.25) is 4.79 Å². The third kappa shape index (κ3) is 4.79. The molecule has 0 radical (unpaired) electrons. The third-order valence-corrected chi connectivity index (χ3v) is 3.35. The lowest BCUT2D eigenvalue weighted by molar-refractivity contribution is -0.121. The Bertz CT molecular complexity index is 380. The van der Waals surface area contributed by atoms with E-state index in [0.717, 1.165) is 6.42 Å². The maximum absolute atomic E-state index is 11.5. The summed E-state index contributed by atoms with van der Waals surface area (Å²) in [5.74, 6) is 0.0723. The van der Waals surface area contributed by atoms with Crippen LogP contribution in [0.1, 0.15) is 24.0 Å². The predicted molar refractivity (Wildman–Crippen MR) is 73.1 cm³/mol. The van der Waals surface area contributed by atoms with Crippen LogP contribution in [0.4, 0.5) is 0 Å². The monoisotopic (exact) mass is 252 g/mol. The first-order valence-electron chi connectivity index (χ1n) is 5.77. The van der Waals surface area contributed by atoms with Crippen LogP contribution in [0.3, 0.4) is 0 Å². The molecule has 0 spiro atoms. The average Bonchev–Trinajstić information content (AvgIpc) is 2.34. The first-order chi connectivity index (χ1) is 8.17. The molecule has 1 aromatic rings. The molecule has 1 amide bonds. The molecule has 0 aromatic heterocycles. The fourth-order valence-corrected chi connectivity index (χ4v) is 2.25. The van der Waals surface area contributed by atoms with Crippen LogP contribution in [-0.2, 0) is 11.3 Å². The molecule has 4 heteroatoms. The molecule has 0 aliphatic heterocycles. The number of carbonyl (C=O) groups excluding carboxylic acids is 1. The second kappa shape index (κ2) is 7.35. The summed E-state index contributed by atoms with van der Waals surface area (Å²) in [4.78, 5) is 12.7. The van der Waals surface area contributed by atoms with Gasteiger partial charge in [-0.1, -0.05) is 12.1 Å². The molecule has 0 fully saturated rings. The Kier molecular flexibility index (Phi) is 6.08. The van der Waals surface area contributed by atoms with E-state index in [2.05, 4.69) is 36.7 Å². The van der Waals surface area contributed by atoms with Crippen LogP contribution in [0.15, 0.2) is 23.1 Å². The number of amides is 1. The minimum Gasteiger partial charge on any atom is -0.352 e. The first kappa shape index (κ1) is 14.1. The number of hydrogen-bond acceptors (Lipinski definition) is 3. The minimum atomic E-state index is 0.0723. The van der Waals surface area contributed by atoms with Gasteiger partial charge >= 0.3 is 0 Å². The van der Waals surface area contributed by atoms with Gasteiger partial charge in [0.15, 0.2) is 0 Å². The van der Waals surface area contributed by atoms with E-state index in [9.17, 15) is 4.79 Å². The largest absolute Gasteiger partial charge is 0.352 e. The number of benzene rings is 1. The number of hydrogen-bond donors (Lipinski definition) is 2. The zero-order chi connectivity index (χ0) is 12.7. The predicted octanol–water partition coefficient (Wildman–Crippen LogP) is 2.07. The van der Waals surface area contributed by atoms with Gasteiger partial charge in [-0.2, -0.15) is 0 Å². The van der Waals surface area contributed by atoms with E-state index >= 15 is 0 Å². The molecule has 0 atom stereocenters. The number of aryl methyl sites for hydroxylation is 1. The number of nitrogens with two attached hydrogens (primary N) is 1. The number of thioether (sulfide) groups is 1. The van der Waals surface area contributed by atoms with Crippen molar-refractivity contribution in [3.8, 4) is 0 Å². The van der Waals surface area contributed by atoms with Crippen LogP contribution in [-0.4, -0.2) is 18.7 Å². The molecule has 0 saturated heterocycles. The molecule has 0 heterocycles. The summed E-state index contributed by atoms with van der Waals surface area (Å²) >= 11 is 1.71. The van der Waals surface area contributed by atoms with Gasteiger partial charge in [-0.05, 0) is 43.3 Å². The van der Waals surface area contributed by atoms with Crippen LogP contribution in [0.2, 0.25) is 0 Å². The van der Waals surface area contributed by atoms with Crippen LogP contribution < -0.4 is 11.1 Å². The topological polar surface area (TPSA) is 55.1 Å². The van der Waals surface area contributed by atoms with E-state index in [1.54, 1.807) is 11.8 Å². The average molecular weight is 252 g/mol. The van der Waals surface area contributed by atoms with Crippen molar-refractivity contribution in [2.75, 3.05) is 12.8 Å². The second-order valence-corrected chi connectivity index (χ2v) is 4.83. The first-order valence-corrected chi connectivity index (χ1v) is 7.00. The Labute approximate surface area is 107 Å². The van der Waals surface area contributed by atoms with Crippen LogP contribution in [0.25, 0.3) is 0 Å². The van der Waals surface area contributed by atoms with Gasteiger partial charge in [0, 0.05) is 17.9 Å². The summed E-state index contributed by atoms with van der Waals surface area (Å²) in [6.45, 7) is 3.23. The molecule has 0 aliphatic carbocycles. The highest BCUT2D eigenvalue weighted by Crippen LogP contribution is 2.21. The molecular formula is C13H20N2OS. The van der Waals surface area contributed by atoms with Gasteiger partial charge in [0.25, 0.3) is 0 Å². The van der Waals surface area contributed by atoms with E-state index in [1.807, 2.05) is 0 Å². The van der Waals surface area contributed by atoms with Crippen molar-refractivity contribution in [1.29, 1.82) is 0 Å². The van der Waals surface area contributed by atoms with Gasteiger partial charge in [-0.25, -0.2) is 0 Å². The highest BCUT2D eigenvalue weighted by atomic mass is 32.2. The standard InChI is InChI=1S/C13H20N2OS/c1-10-5-6-11(12(8-10)17-2)9-15-13(16)4-3-7-14/h5-6,8H,3-4,7,9,14H2,1-2H3,(H,15,16). The molecule has 0 saturated carbocycles. The van der Waals surface area contributed by atoms with Gasteiger partial charge in [0.05, 0.1) is 0 Å². The van der Waals surface area contributed by atoms with Crippen molar-refractivity contribution in [1.82, 2.24) is 5.32 Å². The van der Waals surface area contributed by atoms with Gasteiger partial charge < -0.3 is 11.1 Å². The highest BCUT2D eigenvalue weighted by Gasteiger charge is 2.04. The molecule has 17 heavy (non-hydrogen) atoms. The van der Waals surface area contributed by atoms with Crippen molar-refractivity contribution in [2.45, 2.75) is 31.2 Å². The maximum atomic E-state index is 11.5. The zero-order valence-electron chi connectivity index (χ0n) is 10.5. The summed E-state index contributed by atoms with van der Waals surface area (Å²) in [7, 11) is 0. The summed E-state index contributed by atoms with van der Waals surface area (Å²) in [6.07, 6.45) is 3.31. The second-order valence-electron chi connectivity index (χ2n) is 3.98. The van der Waals surface area contributed by atoms with Crippen molar-refractivity contribution < 1.29 is 4.79 Å². The molecule has 3 N–H and O–H groups in total. The summed E-state index contributed by atoms with van der Waals surface area (Å²) in [5.41, 5.74) is 7.78. The van der Waals surface area contributed by atoms with Crippen molar-refractivity contribution >= 4 is 17.7 Å². The Morgan fingerprint density at radius 3 is 2.88 bits per heavy atom. The molecule has 0 bridgehead atoms. The lowest BCUT2D eigenvalue weighted by atomic mass is 10.1. The number of carbonyl (C=O) groups is 1. The van der Waals surface area contributed by atoms with E-state index in [0.29, 0.717) is 19.5 Å². The van der Waals surface area contributed by atoms with Crippen LogP contribution in [0, 0.1) is 6.92 Å². The molecule has 0 unspecified atom stereocenters. The van der Waals surface area contributed by atoms with Gasteiger partial charge in [-0.15, -0.1) is 11.8 Å². The van der Waals surface area contributed by atoms with E-state index in [1.165, 1.54) is 16.0 Å². The summed E-state index contributed by atoms with van der Waals surface area (Å²) < 4.78 is 0. The smallest absolute Gasteiger partial charge is 0.220 e. The Hall–Kier alpha value is -1.00. The van der Waals surface area contributed by atoms with Gasteiger partial charge in [0.1, 0.15) is 0 Å². The maximum Gasteiger partial charge on any atom is 0.220 e. The molecular weight excluding hydrogens is 232 g/mol. The SMILES string of the molecule is CSc1cc(C)ccc1CNC(=O)CCCN. The Morgan fingerprint density at radius 1 is 1.47 bits per heavy atom. The Balaban J connectivity index is 2.54. The quantitative estimate of drug-likeness (QED) is 0.762. The molecule has 94 valence electrons. The normalized spacial score (nSPS) is 10.3. The Morgan fingerprint density at radius 2 is 2.24 bits per heavy atom. The van der Waals surface area contributed by atoms with Crippen LogP contribution in [0.5, 0.6) is 0 Å². The molecule has 1 rings (SSSR count). The van der Waals surface area contributed by atoms with E-state index in [4.69, 9.17) is 5.73 Å². The fourth-order valence-electron chi connectivity index (χ4n) is 1.54. The third-order valence-electron chi connectivity index (χ3n) is 2.53. The number of rotatable bonds is 6. The van der Waals surface area contributed by atoms with Crippen molar-refractivity contribution in [2.24, 2.45) is 5.73 Å². The fraction of sp³-hybridized carbons (Fsp3) is 0.462. The van der Waals surface area contributed by atoms with E-state index in [-0.39, 0.29) is 5.91 Å². The molecule has 0 aliphatic rings.